The fourth-order valence-corrected chi connectivity index (χ4v) is 1.15. The van der Waals surface area contributed by atoms with Crippen molar-refractivity contribution < 1.29 is 19.4 Å². The lowest BCUT2D eigenvalue weighted by Crippen LogP contribution is -2.22. The SMILES string of the molecule is COC(=O)[C@@H](N)c1ccc(O)c(OC)c1. The molecule has 5 nitrogen and oxygen atoms in total. The van der Waals surface area contributed by atoms with Crippen LogP contribution in [0.2, 0.25) is 0 Å². The molecule has 0 spiro atoms. The third-order valence-electron chi connectivity index (χ3n) is 2.02. The number of rotatable bonds is 3. The minimum Gasteiger partial charge on any atom is -0.504 e. The summed E-state index contributed by atoms with van der Waals surface area (Å²) >= 11 is 0. The Morgan fingerprint density at radius 3 is 2.67 bits per heavy atom. The maximum atomic E-state index is 11.1. The van der Waals surface area contributed by atoms with Gasteiger partial charge in [0.1, 0.15) is 6.04 Å². The van der Waals surface area contributed by atoms with Crippen molar-refractivity contribution in [3.8, 4) is 11.5 Å². The van der Waals surface area contributed by atoms with E-state index in [2.05, 4.69) is 4.74 Å². The van der Waals surface area contributed by atoms with Crippen LogP contribution in [-0.4, -0.2) is 25.3 Å². The van der Waals surface area contributed by atoms with E-state index in [1.165, 1.54) is 26.4 Å². The molecule has 15 heavy (non-hydrogen) atoms. The number of hydrogen-bond donors (Lipinski definition) is 2. The highest BCUT2D eigenvalue weighted by Crippen LogP contribution is 2.28. The number of phenolic OH excluding ortho intramolecular Hbond substituents is 1. The molecule has 0 aliphatic carbocycles. The largest absolute Gasteiger partial charge is 0.504 e. The molecule has 0 aliphatic heterocycles. The number of phenols is 1. The number of nitrogens with two attached hydrogens (primary N) is 1. The molecular formula is C10H13NO4. The Morgan fingerprint density at radius 1 is 1.47 bits per heavy atom. The second kappa shape index (κ2) is 4.65. The van der Waals surface area contributed by atoms with E-state index in [-0.39, 0.29) is 11.5 Å². The summed E-state index contributed by atoms with van der Waals surface area (Å²) in [6.07, 6.45) is 0. The molecule has 1 atom stereocenters. The second-order valence-electron chi connectivity index (χ2n) is 2.93. The average molecular weight is 211 g/mol. The van der Waals surface area contributed by atoms with E-state index < -0.39 is 12.0 Å². The maximum Gasteiger partial charge on any atom is 0.327 e. The minimum atomic E-state index is -0.871. The Labute approximate surface area is 87.4 Å². The zero-order chi connectivity index (χ0) is 11.4. The maximum absolute atomic E-state index is 11.1. The number of benzene rings is 1. The highest BCUT2D eigenvalue weighted by molar-refractivity contribution is 5.77. The van der Waals surface area contributed by atoms with Gasteiger partial charge in [0.05, 0.1) is 14.2 Å². The summed E-state index contributed by atoms with van der Waals surface area (Å²) in [4.78, 5) is 11.1. The molecule has 0 radical (unpaired) electrons. The van der Waals surface area contributed by atoms with Crippen LogP contribution in [0.25, 0.3) is 0 Å². The number of esters is 1. The van der Waals surface area contributed by atoms with Crippen molar-refractivity contribution in [1.82, 2.24) is 0 Å². The molecular weight excluding hydrogens is 198 g/mol. The van der Waals surface area contributed by atoms with Crippen LogP contribution >= 0.6 is 0 Å². The normalized spacial score (nSPS) is 11.9. The molecule has 82 valence electrons. The molecule has 0 unspecified atom stereocenters. The molecule has 0 amide bonds. The van der Waals surface area contributed by atoms with Gasteiger partial charge < -0.3 is 20.3 Å². The van der Waals surface area contributed by atoms with Crippen LogP contribution in [0.5, 0.6) is 11.5 Å². The molecule has 0 saturated carbocycles. The molecule has 1 aromatic rings. The lowest BCUT2D eigenvalue weighted by Gasteiger charge is -2.11. The summed E-state index contributed by atoms with van der Waals surface area (Å²) in [5.74, 6) is -0.270. The van der Waals surface area contributed by atoms with E-state index >= 15 is 0 Å². The van der Waals surface area contributed by atoms with E-state index in [0.29, 0.717) is 5.56 Å². The molecule has 5 heteroatoms. The molecule has 0 fully saturated rings. The summed E-state index contributed by atoms with van der Waals surface area (Å²) < 4.78 is 9.39. The van der Waals surface area contributed by atoms with Gasteiger partial charge >= 0.3 is 5.97 Å². The van der Waals surface area contributed by atoms with Gasteiger partial charge in [-0.3, -0.25) is 4.79 Å². The summed E-state index contributed by atoms with van der Waals surface area (Å²) in [6, 6.07) is 3.58. The molecule has 0 saturated heterocycles. The number of carbonyl (C=O) groups is 1. The van der Waals surface area contributed by atoms with Gasteiger partial charge in [-0.05, 0) is 17.7 Å². The smallest absolute Gasteiger partial charge is 0.327 e. The van der Waals surface area contributed by atoms with Crippen LogP contribution in [0, 0.1) is 0 Å². The van der Waals surface area contributed by atoms with Crippen LogP contribution in [-0.2, 0) is 9.53 Å². The predicted molar refractivity (Wildman–Crippen MR) is 53.6 cm³/mol. The lowest BCUT2D eigenvalue weighted by molar-refractivity contribution is -0.142. The first-order valence-electron chi connectivity index (χ1n) is 4.30. The Morgan fingerprint density at radius 2 is 2.13 bits per heavy atom. The standard InChI is InChI=1S/C10H13NO4/c1-14-8-5-6(3-4-7(8)12)9(11)10(13)15-2/h3-5,9,12H,11H2,1-2H3/t9-/m0/s1. The number of hydrogen-bond acceptors (Lipinski definition) is 5. The van der Waals surface area contributed by atoms with Crippen molar-refractivity contribution in [2.45, 2.75) is 6.04 Å². The van der Waals surface area contributed by atoms with Crippen LogP contribution in [0.3, 0.4) is 0 Å². The lowest BCUT2D eigenvalue weighted by atomic mass is 10.1. The fraction of sp³-hybridized carbons (Fsp3) is 0.300. The van der Waals surface area contributed by atoms with Gasteiger partial charge in [-0.25, -0.2) is 0 Å². The van der Waals surface area contributed by atoms with Crippen LogP contribution < -0.4 is 10.5 Å². The molecule has 0 heterocycles. The Kier molecular flexibility index (Phi) is 3.51. The number of aromatic hydroxyl groups is 1. The van der Waals surface area contributed by atoms with Crippen molar-refractivity contribution >= 4 is 5.97 Å². The average Bonchev–Trinajstić information content (AvgIpc) is 2.27. The molecule has 1 rings (SSSR count). The fourth-order valence-electron chi connectivity index (χ4n) is 1.15. The van der Waals surface area contributed by atoms with Crippen molar-refractivity contribution in [3.63, 3.8) is 0 Å². The summed E-state index contributed by atoms with van der Waals surface area (Å²) in [7, 11) is 2.68. The van der Waals surface area contributed by atoms with Crippen molar-refractivity contribution in [3.05, 3.63) is 23.8 Å². The van der Waals surface area contributed by atoms with E-state index in [4.69, 9.17) is 10.5 Å². The molecule has 0 bridgehead atoms. The first-order chi connectivity index (χ1) is 7.10. The van der Waals surface area contributed by atoms with Gasteiger partial charge in [-0.1, -0.05) is 6.07 Å². The van der Waals surface area contributed by atoms with Crippen molar-refractivity contribution in [2.75, 3.05) is 14.2 Å². The molecule has 3 N–H and O–H groups in total. The number of methoxy groups -OCH3 is 2. The van der Waals surface area contributed by atoms with Crippen molar-refractivity contribution in [2.24, 2.45) is 5.73 Å². The molecule has 1 aromatic carbocycles. The second-order valence-corrected chi connectivity index (χ2v) is 2.93. The van der Waals surface area contributed by atoms with Gasteiger partial charge in [0, 0.05) is 0 Å². The van der Waals surface area contributed by atoms with Gasteiger partial charge in [-0.2, -0.15) is 0 Å². The first-order valence-corrected chi connectivity index (χ1v) is 4.30. The first kappa shape index (κ1) is 11.3. The van der Waals surface area contributed by atoms with E-state index in [1.807, 2.05) is 0 Å². The quantitative estimate of drug-likeness (QED) is 0.714. The highest BCUT2D eigenvalue weighted by Gasteiger charge is 2.17. The summed E-state index contributed by atoms with van der Waals surface area (Å²) in [6.45, 7) is 0. The minimum absolute atomic E-state index is 0.00156. The van der Waals surface area contributed by atoms with Gasteiger partial charge in [0.25, 0.3) is 0 Å². The highest BCUT2D eigenvalue weighted by atomic mass is 16.5. The van der Waals surface area contributed by atoms with Crippen LogP contribution in [0.4, 0.5) is 0 Å². The Balaban J connectivity index is 3.00. The third-order valence-corrected chi connectivity index (χ3v) is 2.02. The van der Waals surface area contributed by atoms with Gasteiger partial charge in [0.2, 0.25) is 0 Å². The molecule has 0 aromatic heterocycles. The third kappa shape index (κ3) is 2.38. The van der Waals surface area contributed by atoms with Crippen LogP contribution in [0.1, 0.15) is 11.6 Å². The van der Waals surface area contributed by atoms with Gasteiger partial charge in [0.15, 0.2) is 11.5 Å². The summed E-state index contributed by atoms with van der Waals surface area (Å²) in [5, 5.41) is 9.33. The zero-order valence-electron chi connectivity index (χ0n) is 8.56. The summed E-state index contributed by atoms with van der Waals surface area (Å²) in [5.41, 5.74) is 6.14. The predicted octanol–water partition coefficient (Wildman–Crippen LogP) is 0.574. The topological polar surface area (TPSA) is 81.8 Å². The van der Waals surface area contributed by atoms with Crippen molar-refractivity contribution in [1.29, 1.82) is 0 Å². The van der Waals surface area contributed by atoms with E-state index in [9.17, 15) is 9.90 Å². The monoisotopic (exact) mass is 211 g/mol. The van der Waals surface area contributed by atoms with Gasteiger partial charge in [-0.15, -0.1) is 0 Å². The zero-order valence-corrected chi connectivity index (χ0v) is 8.56. The Hall–Kier alpha value is -1.75. The Bertz CT molecular complexity index is 364. The van der Waals surface area contributed by atoms with E-state index in [1.54, 1.807) is 6.07 Å². The number of carbonyl (C=O) groups excluding carboxylic acids is 1. The molecule has 0 aliphatic rings. The van der Waals surface area contributed by atoms with E-state index in [0.717, 1.165) is 0 Å². The number of ether oxygens (including phenoxy) is 2. The van der Waals surface area contributed by atoms with Crippen LogP contribution in [0.15, 0.2) is 18.2 Å².